The molecule has 7 heteroatoms. The Hall–Kier alpha value is -2.15. The fourth-order valence-corrected chi connectivity index (χ4v) is 4.72. The largest absolute Gasteiger partial charge is 0.465 e. The van der Waals surface area contributed by atoms with Crippen LogP contribution in [0.2, 0.25) is 0 Å². The number of aliphatic hydroxyl groups is 1. The van der Waals surface area contributed by atoms with Gasteiger partial charge in [0.1, 0.15) is 12.2 Å². The summed E-state index contributed by atoms with van der Waals surface area (Å²) in [6.07, 6.45) is -1.09. The molecule has 1 heterocycles. The first-order chi connectivity index (χ1) is 12.2. The Morgan fingerprint density at radius 2 is 1.96 bits per heavy atom. The van der Waals surface area contributed by atoms with Crippen LogP contribution < -0.4 is 0 Å². The van der Waals surface area contributed by atoms with Gasteiger partial charge in [0.25, 0.3) is 0 Å². The lowest BCUT2D eigenvalue weighted by atomic mass is 9.78. The molecular weight excluding hydrogens is 340 g/mol. The maximum Gasteiger partial charge on any atom is 0.334 e. The molecule has 7 atom stereocenters. The standard InChI is InChI=1S/C19H24O7/c1-8-5-6-12-9(2)19(23)26-17(12)15-13(7-24-10(3)20)18(25-11(4)21)16(22)14(8)15/h12-18,22H,1-2,5-7H2,3-4H3/t12-,13-,14-,15-,16+,17-,18+/m0/s1. The van der Waals surface area contributed by atoms with Crippen LogP contribution in [0, 0.1) is 23.7 Å². The van der Waals surface area contributed by atoms with E-state index in [0.717, 1.165) is 5.57 Å². The van der Waals surface area contributed by atoms with Gasteiger partial charge in [0.2, 0.25) is 0 Å². The lowest BCUT2D eigenvalue weighted by Crippen LogP contribution is -2.38. The second-order valence-electron chi connectivity index (χ2n) is 7.33. The maximum atomic E-state index is 12.1. The number of carbonyl (C=O) groups is 3. The van der Waals surface area contributed by atoms with Gasteiger partial charge in [-0.25, -0.2) is 4.79 Å². The van der Waals surface area contributed by atoms with Gasteiger partial charge in [0.15, 0.2) is 0 Å². The fraction of sp³-hybridized carbons (Fsp3) is 0.632. The number of ether oxygens (including phenoxy) is 3. The SMILES string of the molecule is C=C1CC[C@H]2C(=C)C(=O)O[C@@H]2[C@H]2[C@H](COC(C)=O)[C@@H](OC(C)=O)[C@H](O)[C@@H]12. The second-order valence-corrected chi connectivity index (χ2v) is 7.33. The molecule has 3 fully saturated rings. The Labute approximate surface area is 152 Å². The summed E-state index contributed by atoms with van der Waals surface area (Å²) < 4.78 is 16.1. The van der Waals surface area contributed by atoms with Gasteiger partial charge >= 0.3 is 17.9 Å². The average Bonchev–Trinajstić information content (AvgIpc) is 2.92. The van der Waals surface area contributed by atoms with Crippen LogP contribution in [0.5, 0.6) is 0 Å². The van der Waals surface area contributed by atoms with Crippen LogP contribution in [0.3, 0.4) is 0 Å². The number of carbonyl (C=O) groups excluding carboxylic acids is 3. The molecule has 1 aliphatic heterocycles. The van der Waals surface area contributed by atoms with Crippen molar-refractivity contribution in [3.8, 4) is 0 Å². The molecule has 142 valence electrons. The quantitative estimate of drug-likeness (QED) is 0.347. The third-order valence-electron chi connectivity index (χ3n) is 5.79. The molecule has 0 amide bonds. The van der Waals surface area contributed by atoms with E-state index >= 15 is 0 Å². The van der Waals surface area contributed by atoms with Gasteiger partial charge in [-0.2, -0.15) is 0 Å². The Kier molecular flexibility index (Phi) is 4.92. The van der Waals surface area contributed by atoms with Crippen LogP contribution in [-0.4, -0.2) is 47.9 Å². The highest BCUT2D eigenvalue weighted by molar-refractivity contribution is 5.90. The fourth-order valence-electron chi connectivity index (χ4n) is 4.72. The summed E-state index contributed by atoms with van der Waals surface area (Å²) in [5.74, 6) is -2.90. The number of fused-ring (bicyclic) bond motifs is 3. The zero-order valence-corrected chi connectivity index (χ0v) is 15.0. The van der Waals surface area contributed by atoms with Crippen molar-refractivity contribution in [2.45, 2.75) is 45.0 Å². The molecule has 3 aliphatic rings. The molecule has 0 aromatic heterocycles. The van der Waals surface area contributed by atoms with Gasteiger partial charge in [-0.3, -0.25) is 9.59 Å². The first kappa shape index (κ1) is 18.6. The Morgan fingerprint density at radius 3 is 2.58 bits per heavy atom. The highest BCUT2D eigenvalue weighted by atomic mass is 16.6. The molecule has 1 N–H and O–H groups in total. The van der Waals surface area contributed by atoms with E-state index in [-0.39, 0.29) is 18.4 Å². The average molecular weight is 364 g/mol. The van der Waals surface area contributed by atoms with Crippen LogP contribution in [0.1, 0.15) is 26.7 Å². The van der Waals surface area contributed by atoms with E-state index in [1.54, 1.807) is 0 Å². The smallest absolute Gasteiger partial charge is 0.334 e. The van der Waals surface area contributed by atoms with Crippen molar-refractivity contribution < 1.29 is 33.7 Å². The second kappa shape index (κ2) is 6.87. The lowest BCUT2D eigenvalue weighted by Gasteiger charge is -2.30. The minimum Gasteiger partial charge on any atom is -0.465 e. The zero-order chi connectivity index (χ0) is 19.2. The summed E-state index contributed by atoms with van der Waals surface area (Å²) in [6, 6.07) is 0. The van der Waals surface area contributed by atoms with Crippen molar-refractivity contribution in [3.05, 3.63) is 24.3 Å². The molecule has 1 saturated heterocycles. The molecule has 3 rings (SSSR count). The van der Waals surface area contributed by atoms with Gasteiger partial charge in [-0.15, -0.1) is 0 Å². The molecule has 0 spiro atoms. The van der Waals surface area contributed by atoms with Crippen molar-refractivity contribution >= 4 is 17.9 Å². The number of hydrogen-bond acceptors (Lipinski definition) is 7. The van der Waals surface area contributed by atoms with E-state index in [1.807, 2.05) is 0 Å². The number of hydrogen-bond donors (Lipinski definition) is 1. The Morgan fingerprint density at radius 1 is 1.27 bits per heavy atom. The maximum absolute atomic E-state index is 12.1. The summed E-state index contributed by atoms with van der Waals surface area (Å²) >= 11 is 0. The van der Waals surface area contributed by atoms with E-state index < -0.39 is 48.1 Å². The number of rotatable bonds is 3. The van der Waals surface area contributed by atoms with Crippen molar-refractivity contribution in [1.29, 1.82) is 0 Å². The molecular formula is C19H24O7. The minimum absolute atomic E-state index is 0.0357. The molecule has 0 aromatic carbocycles. The minimum atomic E-state index is -0.997. The monoisotopic (exact) mass is 364 g/mol. The van der Waals surface area contributed by atoms with E-state index in [2.05, 4.69) is 13.2 Å². The molecule has 2 saturated carbocycles. The predicted octanol–water partition coefficient (Wildman–Crippen LogP) is 1.15. The molecule has 7 nitrogen and oxygen atoms in total. The number of aliphatic hydroxyl groups excluding tert-OH is 1. The molecule has 0 aromatic rings. The summed E-state index contributed by atoms with van der Waals surface area (Å²) in [5, 5.41) is 10.9. The first-order valence-corrected chi connectivity index (χ1v) is 8.78. The summed E-state index contributed by atoms with van der Waals surface area (Å²) in [6.45, 7) is 10.5. The lowest BCUT2D eigenvalue weighted by molar-refractivity contribution is -0.159. The topological polar surface area (TPSA) is 99.1 Å². The van der Waals surface area contributed by atoms with Gasteiger partial charge in [-0.05, 0) is 12.8 Å². The van der Waals surface area contributed by atoms with Crippen molar-refractivity contribution in [2.75, 3.05) is 6.61 Å². The third-order valence-corrected chi connectivity index (χ3v) is 5.79. The first-order valence-electron chi connectivity index (χ1n) is 8.78. The van der Waals surface area contributed by atoms with E-state index in [9.17, 15) is 19.5 Å². The Bertz CT molecular complexity index is 667. The zero-order valence-electron chi connectivity index (χ0n) is 15.0. The van der Waals surface area contributed by atoms with E-state index in [4.69, 9.17) is 14.2 Å². The summed E-state index contributed by atoms with van der Waals surface area (Å²) in [7, 11) is 0. The molecule has 26 heavy (non-hydrogen) atoms. The van der Waals surface area contributed by atoms with Crippen LogP contribution in [0.15, 0.2) is 24.3 Å². The highest BCUT2D eigenvalue weighted by Gasteiger charge is 2.60. The van der Waals surface area contributed by atoms with Gasteiger partial charge in [0.05, 0.1) is 12.7 Å². The summed E-state index contributed by atoms with van der Waals surface area (Å²) in [5.41, 5.74) is 1.24. The normalized spacial score (nSPS) is 38.9. The molecule has 0 radical (unpaired) electrons. The molecule has 0 unspecified atom stereocenters. The highest BCUT2D eigenvalue weighted by Crippen LogP contribution is 2.53. The summed E-state index contributed by atoms with van der Waals surface area (Å²) in [4.78, 5) is 34.9. The van der Waals surface area contributed by atoms with Crippen molar-refractivity contribution in [3.63, 3.8) is 0 Å². The van der Waals surface area contributed by atoms with E-state index in [0.29, 0.717) is 18.4 Å². The van der Waals surface area contributed by atoms with Crippen LogP contribution in [0.25, 0.3) is 0 Å². The van der Waals surface area contributed by atoms with Gasteiger partial charge in [-0.1, -0.05) is 18.7 Å². The Balaban J connectivity index is 2.00. The third kappa shape index (κ3) is 3.05. The van der Waals surface area contributed by atoms with Crippen LogP contribution in [-0.2, 0) is 28.6 Å². The van der Waals surface area contributed by atoms with Gasteiger partial charge < -0.3 is 19.3 Å². The predicted molar refractivity (Wildman–Crippen MR) is 89.5 cm³/mol. The van der Waals surface area contributed by atoms with Crippen molar-refractivity contribution in [2.24, 2.45) is 23.7 Å². The van der Waals surface area contributed by atoms with Gasteiger partial charge in [0, 0.05) is 43.1 Å². The molecule has 0 bridgehead atoms. The number of esters is 3. The van der Waals surface area contributed by atoms with Crippen LogP contribution in [0.4, 0.5) is 0 Å². The molecule has 2 aliphatic carbocycles. The van der Waals surface area contributed by atoms with E-state index in [1.165, 1.54) is 13.8 Å². The van der Waals surface area contributed by atoms with Crippen molar-refractivity contribution in [1.82, 2.24) is 0 Å². The van der Waals surface area contributed by atoms with Crippen LogP contribution >= 0.6 is 0 Å².